The predicted molar refractivity (Wildman–Crippen MR) is 82.9 cm³/mol. The molecule has 1 N–H and O–H groups in total. The molecule has 3 rings (SSSR count). The van der Waals surface area contributed by atoms with Crippen LogP contribution in [0, 0.1) is 0 Å². The maximum Gasteiger partial charge on any atom is 0.282 e. The molecule has 1 unspecified atom stereocenters. The summed E-state index contributed by atoms with van der Waals surface area (Å²) in [6.45, 7) is 2.07. The van der Waals surface area contributed by atoms with Crippen molar-refractivity contribution in [2.24, 2.45) is 0 Å². The van der Waals surface area contributed by atoms with Gasteiger partial charge in [0, 0.05) is 11.8 Å². The number of carbonyl (C=O) groups is 1. The number of anilines is 1. The summed E-state index contributed by atoms with van der Waals surface area (Å²) in [5, 5.41) is 5.97. The van der Waals surface area contributed by atoms with Crippen LogP contribution < -0.4 is 14.8 Å². The second kappa shape index (κ2) is 7.22. The molecule has 1 aliphatic rings. The maximum atomic E-state index is 13.1. The van der Waals surface area contributed by atoms with Gasteiger partial charge in [-0.15, -0.1) is 0 Å². The number of benzene rings is 1. The highest BCUT2D eigenvalue weighted by molar-refractivity contribution is 5.93. The second-order valence-electron chi connectivity index (χ2n) is 5.56. The average molecular weight is 373 g/mol. The molecule has 2 heterocycles. The molecule has 1 aromatic carbocycles. The number of nitrogens with zero attached hydrogens (tertiary/aromatic N) is 2. The highest BCUT2D eigenvalue weighted by Crippen LogP contribution is 2.33. The molecule has 26 heavy (non-hydrogen) atoms. The van der Waals surface area contributed by atoms with E-state index in [0.29, 0.717) is 41.1 Å². The highest BCUT2D eigenvalue weighted by atomic mass is 19.3. The van der Waals surface area contributed by atoms with Crippen molar-refractivity contribution in [1.29, 1.82) is 0 Å². The minimum absolute atomic E-state index is 0.353. The lowest BCUT2D eigenvalue weighted by atomic mass is 10.2. The first kappa shape index (κ1) is 18.0. The molecule has 1 aliphatic heterocycles. The minimum atomic E-state index is -3.04. The van der Waals surface area contributed by atoms with Gasteiger partial charge in [0.25, 0.3) is 12.9 Å². The first-order valence-electron chi connectivity index (χ1n) is 7.73. The zero-order valence-corrected chi connectivity index (χ0v) is 13.6. The number of hydrogen-bond acceptors (Lipinski definition) is 4. The first-order chi connectivity index (χ1) is 12.4. The van der Waals surface area contributed by atoms with E-state index in [2.05, 4.69) is 10.4 Å². The summed E-state index contributed by atoms with van der Waals surface area (Å²) in [6.07, 6.45) is -6.05. The Morgan fingerprint density at radius 3 is 2.46 bits per heavy atom. The smallest absolute Gasteiger partial charge is 0.282 e. The minimum Gasteiger partial charge on any atom is -0.486 e. The number of ether oxygens (including phenoxy) is 2. The summed E-state index contributed by atoms with van der Waals surface area (Å²) in [6, 6.07) is 4.06. The van der Waals surface area contributed by atoms with Crippen LogP contribution >= 0.6 is 0 Å². The summed E-state index contributed by atoms with van der Waals surface area (Å²) >= 11 is 0. The number of amides is 1. The number of rotatable bonds is 5. The Morgan fingerprint density at radius 2 is 1.81 bits per heavy atom. The van der Waals surface area contributed by atoms with Gasteiger partial charge < -0.3 is 14.8 Å². The number of alkyl halides is 4. The van der Waals surface area contributed by atoms with Gasteiger partial charge in [-0.05, 0) is 25.1 Å². The largest absolute Gasteiger partial charge is 0.486 e. The van der Waals surface area contributed by atoms with Crippen molar-refractivity contribution in [3.8, 4) is 11.5 Å². The third-order valence-corrected chi connectivity index (χ3v) is 3.79. The van der Waals surface area contributed by atoms with Crippen molar-refractivity contribution in [3.05, 3.63) is 35.7 Å². The fraction of sp³-hybridized carbons (Fsp3) is 0.375. The van der Waals surface area contributed by atoms with Gasteiger partial charge in [0.15, 0.2) is 11.5 Å². The normalized spacial score (nSPS) is 14.6. The Morgan fingerprint density at radius 1 is 1.12 bits per heavy atom. The summed E-state index contributed by atoms with van der Waals surface area (Å²) in [5.41, 5.74) is -1.20. The fourth-order valence-corrected chi connectivity index (χ4v) is 2.49. The van der Waals surface area contributed by atoms with Gasteiger partial charge in [0.1, 0.15) is 30.6 Å². The van der Waals surface area contributed by atoms with Crippen LogP contribution in [0.5, 0.6) is 11.5 Å². The number of nitrogens with one attached hydrogen (secondary N) is 1. The van der Waals surface area contributed by atoms with Gasteiger partial charge in [0.05, 0.1) is 0 Å². The Hall–Kier alpha value is -2.78. The topological polar surface area (TPSA) is 65.4 Å². The van der Waals surface area contributed by atoms with Gasteiger partial charge in [-0.2, -0.15) is 5.10 Å². The summed E-state index contributed by atoms with van der Waals surface area (Å²) in [4.78, 5) is 12.4. The summed E-state index contributed by atoms with van der Waals surface area (Å²) in [5.74, 6) is 0.275. The number of hydrogen-bond donors (Lipinski definition) is 1. The zero-order chi connectivity index (χ0) is 18.8. The number of fused-ring (bicyclic) bond motifs is 1. The molecule has 140 valence electrons. The van der Waals surface area contributed by atoms with E-state index >= 15 is 0 Å². The molecule has 1 aromatic heterocycles. The van der Waals surface area contributed by atoms with Crippen LogP contribution in [-0.4, -0.2) is 28.9 Å². The van der Waals surface area contributed by atoms with Crippen molar-refractivity contribution in [1.82, 2.24) is 9.78 Å². The molecule has 1 amide bonds. The van der Waals surface area contributed by atoms with Crippen LogP contribution in [0.15, 0.2) is 24.3 Å². The Bertz CT molecular complexity index is 810. The van der Waals surface area contributed by atoms with E-state index in [1.807, 2.05) is 0 Å². The van der Waals surface area contributed by atoms with E-state index in [0.717, 1.165) is 0 Å². The Balaban J connectivity index is 1.80. The van der Waals surface area contributed by atoms with E-state index in [-0.39, 0.29) is 0 Å². The van der Waals surface area contributed by atoms with Gasteiger partial charge >= 0.3 is 0 Å². The molecule has 2 aromatic rings. The fourth-order valence-electron chi connectivity index (χ4n) is 2.49. The molecule has 0 fully saturated rings. The lowest BCUT2D eigenvalue weighted by Crippen LogP contribution is -2.26. The summed E-state index contributed by atoms with van der Waals surface area (Å²) < 4.78 is 63.0. The van der Waals surface area contributed by atoms with E-state index in [4.69, 9.17) is 9.47 Å². The van der Waals surface area contributed by atoms with E-state index in [1.54, 1.807) is 12.1 Å². The van der Waals surface area contributed by atoms with Crippen molar-refractivity contribution >= 4 is 11.6 Å². The first-order valence-corrected chi connectivity index (χ1v) is 7.73. The Labute approximate surface area is 145 Å². The lowest BCUT2D eigenvalue weighted by molar-refractivity contribution is -0.119. The molecular formula is C16H15F4N3O3. The van der Waals surface area contributed by atoms with Crippen LogP contribution in [0.1, 0.15) is 37.2 Å². The van der Waals surface area contributed by atoms with Gasteiger partial charge in [0.2, 0.25) is 5.91 Å². The van der Waals surface area contributed by atoms with Crippen LogP contribution in [0.3, 0.4) is 0 Å². The van der Waals surface area contributed by atoms with E-state index in [1.165, 1.54) is 13.0 Å². The second-order valence-corrected chi connectivity index (χ2v) is 5.56. The highest BCUT2D eigenvalue weighted by Gasteiger charge is 2.27. The monoisotopic (exact) mass is 373 g/mol. The number of halogens is 4. The molecule has 0 bridgehead atoms. The standard InChI is InChI=1S/C16H15F4N3O3/c1-8(23-11(15(19)20)7-10(22-23)14(17)18)16(24)21-9-2-3-12-13(6-9)26-5-4-25-12/h2-3,6-8,14-15H,4-5H2,1H3,(H,21,24). The third kappa shape index (κ3) is 3.58. The van der Waals surface area contributed by atoms with Crippen molar-refractivity contribution in [2.45, 2.75) is 25.8 Å². The molecule has 1 atom stereocenters. The molecule has 0 saturated carbocycles. The molecule has 6 nitrogen and oxygen atoms in total. The third-order valence-electron chi connectivity index (χ3n) is 3.79. The molecule has 0 saturated heterocycles. The lowest BCUT2D eigenvalue weighted by Gasteiger charge is -2.20. The van der Waals surface area contributed by atoms with Gasteiger partial charge in [-0.25, -0.2) is 17.6 Å². The van der Waals surface area contributed by atoms with Gasteiger partial charge in [-0.1, -0.05) is 0 Å². The molecule has 10 heteroatoms. The van der Waals surface area contributed by atoms with Crippen molar-refractivity contribution < 1.29 is 31.8 Å². The molecule has 0 aliphatic carbocycles. The Kier molecular flexibility index (Phi) is 5.01. The van der Waals surface area contributed by atoms with E-state index < -0.39 is 36.2 Å². The predicted octanol–water partition coefficient (Wildman–Crippen LogP) is 3.73. The molecular weight excluding hydrogens is 358 g/mol. The summed E-state index contributed by atoms with van der Waals surface area (Å²) in [7, 11) is 0. The van der Waals surface area contributed by atoms with Crippen LogP contribution in [0.4, 0.5) is 23.2 Å². The SMILES string of the molecule is CC(C(=O)Nc1ccc2c(c1)OCCO2)n1nc(C(F)F)cc1C(F)F. The molecule has 0 spiro atoms. The van der Waals surface area contributed by atoms with Crippen molar-refractivity contribution in [3.63, 3.8) is 0 Å². The van der Waals surface area contributed by atoms with Crippen LogP contribution in [-0.2, 0) is 4.79 Å². The zero-order valence-electron chi connectivity index (χ0n) is 13.6. The van der Waals surface area contributed by atoms with Crippen molar-refractivity contribution in [2.75, 3.05) is 18.5 Å². The average Bonchev–Trinajstić information content (AvgIpc) is 3.07. The quantitative estimate of drug-likeness (QED) is 0.811. The van der Waals surface area contributed by atoms with E-state index in [9.17, 15) is 22.4 Å². The maximum absolute atomic E-state index is 13.1. The van der Waals surface area contributed by atoms with Crippen LogP contribution in [0.25, 0.3) is 0 Å². The number of carbonyl (C=O) groups excluding carboxylic acids is 1. The number of aromatic nitrogens is 2. The van der Waals surface area contributed by atoms with Crippen LogP contribution in [0.2, 0.25) is 0 Å². The molecule has 0 radical (unpaired) electrons. The van der Waals surface area contributed by atoms with Gasteiger partial charge in [-0.3, -0.25) is 9.48 Å².